The van der Waals surface area contributed by atoms with E-state index in [2.05, 4.69) is 0 Å². The third-order valence-electron chi connectivity index (χ3n) is 4.64. The van der Waals surface area contributed by atoms with Gasteiger partial charge in [0.25, 0.3) is 11.8 Å². The number of imide groups is 1. The maximum Gasteiger partial charge on any atom is 0.305 e. The van der Waals surface area contributed by atoms with Crippen molar-refractivity contribution in [1.82, 2.24) is 4.90 Å². The molecule has 0 aromatic carbocycles. The van der Waals surface area contributed by atoms with E-state index in [9.17, 15) is 14.4 Å². The van der Waals surface area contributed by atoms with E-state index < -0.39 is 5.97 Å². The highest BCUT2D eigenvalue weighted by molar-refractivity contribution is 6.14. The Bertz CT molecular complexity index is 781. The van der Waals surface area contributed by atoms with Crippen LogP contribution in [0.2, 0.25) is 0 Å². The lowest BCUT2D eigenvalue weighted by Gasteiger charge is -2.15. The Hall–Kier alpha value is -2.79. The summed E-state index contributed by atoms with van der Waals surface area (Å²) in [5.74, 6) is -0.986. The standard InChI is InChI=1S/C25H37NO9/c1-4-20(2)19-22(26-23(27)7-8-24(26)28)6-5-21(3)35-18-17-34-16-15-33-14-13-32-12-11-31-10-9-25(29)30/h5-8,19H,4,9-18H2,1-3H3,(H,29,30)/b20-19+,21-5+,22-6+. The topological polar surface area (TPSA) is 121 Å². The van der Waals surface area contributed by atoms with Crippen molar-refractivity contribution in [2.75, 3.05) is 59.5 Å². The second-order valence-corrected chi connectivity index (χ2v) is 7.50. The predicted molar refractivity (Wildman–Crippen MR) is 128 cm³/mol. The van der Waals surface area contributed by atoms with Crippen molar-refractivity contribution in [3.63, 3.8) is 0 Å². The second kappa shape index (κ2) is 18.5. The first-order chi connectivity index (χ1) is 16.8. The average Bonchev–Trinajstić information content (AvgIpc) is 3.16. The molecule has 0 aliphatic carbocycles. The summed E-state index contributed by atoms with van der Waals surface area (Å²) >= 11 is 0. The number of carbonyl (C=O) groups excluding carboxylic acids is 2. The molecular formula is C25H37NO9. The maximum absolute atomic E-state index is 12.0. The number of carboxylic acids is 1. The van der Waals surface area contributed by atoms with Gasteiger partial charge < -0.3 is 28.8 Å². The van der Waals surface area contributed by atoms with Crippen molar-refractivity contribution in [2.45, 2.75) is 33.6 Å². The number of aliphatic carboxylic acids is 1. The first-order valence-electron chi connectivity index (χ1n) is 11.6. The molecule has 196 valence electrons. The third kappa shape index (κ3) is 14.3. The smallest absolute Gasteiger partial charge is 0.305 e. The van der Waals surface area contributed by atoms with Crippen molar-refractivity contribution < 1.29 is 43.2 Å². The van der Waals surface area contributed by atoms with Gasteiger partial charge in [0, 0.05) is 12.2 Å². The number of nitrogens with zero attached hydrogens (tertiary/aromatic N) is 1. The van der Waals surface area contributed by atoms with E-state index >= 15 is 0 Å². The predicted octanol–water partition coefficient (Wildman–Crippen LogP) is 2.61. The molecule has 10 nitrogen and oxygen atoms in total. The zero-order valence-electron chi connectivity index (χ0n) is 20.8. The van der Waals surface area contributed by atoms with Crippen LogP contribution in [0.1, 0.15) is 33.6 Å². The molecule has 0 spiro atoms. The van der Waals surface area contributed by atoms with Crippen molar-refractivity contribution in [2.24, 2.45) is 0 Å². The summed E-state index contributed by atoms with van der Waals surface area (Å²) in [5, 5.41) is 8.48. The van der Waals surface area contributed by atoms with Crippen LogP contribution in [0.25, 0.3) is 0 Å². The number of allylic oxidation sites excluding steroid dienone is 5. The summed E-state index contributed by atoms with van der Waals surface area (Å²) in [6.07, 6.45) is 8.53. The summed E-state index contributed by atoms with van der Waals surface area (Å²) in [7, 11) is 0. The molecule has 0 saturated carbocycles. The molecular weight excluding hydrogens is 458 g/mol. The fourth-order valence-corrected chi connectivity index (χ4v) is 2.63. The van der Waals surface area contributed by atoms with Gasteiger partial charge in [-0.15, -0.1) is 0 Å². The van der Waals surface area contributed by atoms with Gasteiger partial charge in [-0.2, -0.15) is 0 Å². The van der Waals surface area contributed by atoms with Crippen LogP contribution in [0.4, 0.5) is 0 Å². The van der Waals surface area contributed by atoms with E-state index in [1.807, 2.05) is 19.9 Å². The third-order valence-corrected chi connectivity index (χ3v) is 4.64. The van der Waals surface area contributed by atoms with E-state index in [0.717, 1.165) is 16.9 Å². The zero-order chi connectivity index (χ0) is 25.9. The molecule has 1 aliphatic heterocycles. The molecule has 1 rings (SSSR count). The summed E-state index contributed by atoms with van der Waals surface area (Å²) in [6, 6.07) is 0. The number of ether oxygens (including phenoxy) is 5. The quantitative estimate of drug-likeness (QED) is 0.118. The average molecular weight is 496 g/mol. The van der Waals surface area contributed by atoms with E-state index in [1.54, 1.807) is 19.1 Å². The minimum Gasteiger partial charge on any atom is -0.496 e. The van der Waals surface area contributed by atoms with E-state index in [0.29, 0.717) is 64.3 Å². The van der Waals surface area contributed by atoms with Gasteiger partial charge in [0.15, 0.2) is 0 Å². The Labute approximate surface area is 206 Å². The molecule has 0 bridgehead atoms. The van der Waals surface area contributed by atoms with Gasteiger partial charge in [-0.1, -0.05) is 12.5 Å². The lowest BCUT2D eigenvalue weighted by atomic mass is 10.2. The van der Waals surface area contributed by atoms with E-state index in [1.165, 1.54) is 12.2 Å². The summed E-state index contributed by atoms with van der Waals surface area (Å²) in [5.41, 5.74) is 1.54. The summed E-state index contributed by atoms with van der Waals surface area (Å²) < 4.78 is 26.9. The molecule has 0 fully saturated rings. The van der Waals surface area contributed by atoms with Crippen molar-refractivity contribution in [3.8, 4) is 0 Å². The molecule has 35 heavy (non-hydrogen) atoms. The summed E-state index contributed by atoms with van der Waals surface area (Å²) in [4.78, 5) is 35.5. The van der Waals surface area contributed by atoms with Crippen molar-refractivity contribution in [3.05, 3.63) is 47.4 Å². The molecule has 2 amide bonds. The van der Waals surface area contributed by atoms with Gasteiger partial charge in [0.2, 0.25) is 0 Å². The number of rotatable bonds is 20. The Balaban J connectivity index is 2.16. The number of hydrogen-bond acceptors (Lipinski definition) is 8. The fourth-order valence-electron chi connectivity index (χ4n) is 2.63. The molecule has 1 heterocycles. The minimum atomic E-state index is -0.885. The SMILES string of the molecule is CC/C(C)=C/C(=C\C=C(/C)OCCOCCOCCOCCOCCC(=O)O)N1C(=O)C=CC1=O. The molecule has 0 radical (unpaired) electrons. The first kappa shape index (κ1) is 30.2. The molecule has 0 atom stereocenters. The van der Waals surface area contributed by atoms with Gasteiger partial charge in [0.1, 0.15) is 6.61 Å². The first-order valence-corrected chi connectivity index (χ1v) is 11.6. The lowest BCUT2D eigenvalue weighted by Crippen LogP contribution is -2.28. The van der Waals surface area contributed by atoms with Crippen LogP contribution < -0.4 is 0 Å². The molecule has 0 aromatic heterocycles. The van der Waals surface area contributed by atoms with Crippen molar-refractivity contribution >= 4 is 17.8 Å². The van der Waals surface area contributed by atoms with Crippen LogP contribution in [0.3, 0.4) is 0 Å². The number of carboxylic acid groups (broad SMARTS) is 1. The van der Waals surface area contributed by atoms with E-state index in [-0.39, 0.29) is 24.8 Å². The second-order valence-electron chi connectivity index (χ2n) is 7.50. The Morgan fingerprint density at radius 3 is 1.80 bits per heavy atom. The van der Waals surface area contributed by atoms with Crippen LogP contribution in [-0.2, 0) is 38.1 Å². The van der Waals surface area contributed by atoms with Crippen LogP contribution in [0.15, 0.2) is 47.4 Å². The van der Waals surface area contributed by atoms with Gasteiger partial charge in [-0.05, 0) is 38.5 Å². The molecule has 0 saturated heterocycles. The molecule has 10 heteroatoms. The van der Waals surface area contributed by atoms with Gasteiger partial charge in [-0.3, -0.25) is 14.4 Å². The number of hydrogen-bond donors (Lipinski definition) is 1. The Morgan fingerprint density at radius 1 is 0.829 bits per heavy atom. The van der Waals surface area contributed by atoms with Gasteiger partial charge in [-0.25, -0.2) is 4.90 Å². The maximum atomic E-state index is 12.0. The van der Waals surface area contributed by atoms with Gasteiger partial charge >= 0.3 is 5.97 Å². The Morgan fingerprint density at radius 2 is 1.31 bits per heavy atom. The number of amides is 2. The monoisotopic (exact) mass is 495 g/mol. The normalized spacial score (nSPS) is 14.8. The highest BCUT2D eigenvalue weighted by Crippen LogP contribution is 2.17. The lowest BCUT2D eigenvalue weighted by molar-refractivity contribution is -0.138. The Kier molecular flexibility index (Phi) is 16.0. The zero-order valence-corrected chi connectivity index (χ0v) is 20.8. The molecule has 0 aromatic rings. The summed E-state index contributed by atoms with van der Waals surface area (Å²) in [6.45, 7) is 9.07. The minimum absolute atomic E-state index is 0.0145. The fraction of sp³-hybridized carbons (Fsp3) is 0.560. The highest BCUT2D eigenvalue weighted by atomic mass is 16.6. The van der Waals surface area contributed by atoms with Crippen LogP contribution in [-0.4, -0.2) is 87.3 Å². The largest absolute Gasteiger partial charge is 0.496 e. The van der Waals surface area contributed by atoms with Crippen LogP contribution >= 0.6 is 0 Å². The molecule has 1 aliphatic rings. The van der Waals surface area contributed by atoms with Crippen molar-refractivity contribution in [1.29, 1.82) is 0 Å². The van der Waals surface area contributed by atoms with Gasteiger partial charge in [0.05, 0.1) is 70.7 Å². The van der Waals surface area contributed by atoms with Crippen LogP contribution in [0.5, 0.6) is 0 Å². The number of carbonyl (C=O) groups is 3. The van der Waals surface area contributed by atoms with E-state index in [4.69, 9.17) is 28.8 Å². The molecule has 1 N–H and O–H groups in total. The van der Waals surface area contributed by atoms with Crippen LogP contribution in [0, 0.1) is 0 Å². The molecule has 0 unspecified atom stereocenters. The highest BCUT2D eigenvalue weighted by Gasteiger charge is 2.25.